The van der Waals surface area contributed by atoms with Crippen LogP contribution in [0.4, 0.5) is 0 Å². The molecule has 22 heavy (non-hydrogen) atoms. The van der Waals surface area contributed by atoms with Gasteiger partial charge in [-0.05, 0) is 19.9 Å². The van der Waals surface area contributed by atoms with Gasteiger partial charge in [0.05, 0.1) is 17.7 Å². The number of carboxylic acid groups (broad SMARTS) is 2. The summed E-state index contributed by atoms with van der Waals surface area (Å²) in [4.78, 5) is 21.3. The highest BCUT2D eigenvalue weighted by atomic mass is 35.5. The Hall–Kier alpha value is -1.64. The summed E-state index contributed by atoms with van der Waals surface area (Å²) in [5.41, 5.74) is 1.80. The van der Waals surface area contributed by atoms with Gasteiger partial charge in [0.2, 0.25) is 0 Å². The van der Waals surface area contributed by atoms with Gasteiger partial charge in [-0.1, -0.05) is 11.6 Å². The number of aliphatic hydroxyl groups excluding tert-OH is 1. The predicted octanol–water partition coefficient (Wildman–Crippen LogP) is 0.350. The van der Waals surface area contributed by atoms with Gasteiger partial charge in [0.15, 0.2) is 0 Å². The Kier molecular flexibility index (Phi) is 6.79. The molecule has 0 radical (unpaired) electrons. The molecule has 124 valence electrons. The maximum atomic E-state index is 10.9. The number of aliphatic hydroxyl groups is 1. The zero-order valence-corrected chi connectivity index (χ0v) is 13.2. The molecule has 0 unspecified atom stereocenters. The Morgan fingerprint density at radius 1 is 1.55 bits per heavy atom. The fourth-order valence-electron chi connectivity index (χ4n) is 2.51. The van der Waals surface area contributed by atoms with Gasteiger partial charge in [0, 0.05) is 25.7 Å². The Morgan fingerprint density at radius 2 is 2.14 bits per heavy atom. The number of piperidine rings is 1. The van der Waals surface area contributed by atoms with Crippen LogP contribution in [-0.4, -0.2) is 61.6 Å². The summed E-state index contributed by atoms with van der Waals surface area (Å²) >= 11 is 6.17. The lowest BCUT2D eigenvalue weighted by Gasteiger charge is -2.33. The SMILES string of the molecule is Cc1nn(C)c(Cl)c1CN1CC[C@H](C(=O)O)[C@H](O)C1.O=CO. The summed E-state index contributed by atoms with van der Waals surface area (Å²) < 4.78 is 1.62. The molecular weight excluding hydrogens is 314 g/mol. The van der Waals surface area contributed by atoms with Gasteiger partial charge in [-0.25, -0.2) is 0 Å². The molecule has 1 fully saturated rings. The van der Waals surface area contributed by atoms with E-state index in [0.29, 0.717) is 31.2 Å². The Balaban J connectivity index is 0.000000745. The standard InChI is InChI=1S/C12H18ClN3O3.CH2O2/c1-7-9(11(13)15(2)14-7)5-16-4-3-8(12(18)19)10(17)6-16;2-1-3/h8,10,17H,3-6H2,1-2H3,(H,18,19);1H,(H,2,3)/t8-,10+;/m0./s1. The third kappa shape index (κ3) is 4.43. The first-order chi connectivity index (χ1) is 10.3. The molecule has 3 N–H and O–H groups in total. The van der Waals surface area contributed by atoms with Crippen molar-refractivity contribution in [1.29, 1.82) is 0 Å². The number of hydrogen-bond donors (Lipinski definition) is 3. The molecule has 1 aliphatic heterocycles. The Labute approximate surface area is 132 Å². The lowest BCUT2D eigenvalue weighted by molar-refractivity contribution is -0.148. The predicted molar refractivity (Wildman–Crippen MR) is 78.7 cm³/mol. The van der Waals surface area contributed by atoms with E-state index in [1.165, 1.54) is 0 Å². The number of nitrogens with zero attached hydrogens (tertiary/aromatic N) is 3. The number of hydrogen-bond acceptors (Lipinski definition) is 5. The van der Waals surface area contributed by atoms with E-state index in [1.807, 2.05) is 11.8 Å². The van der Waals surface area contributed by atoms with E-state index in [4.69, 9.17) is 26.6 Å². The highest BCUT2D eigenvalue weighted by Crippen LogP contribution is 2.24. The topological polar surface area (TPSA) is 116 Å². The molecule has 0 saturated carbocycles. The van der Waals surface area contributed by atoms with Crippen LogP contribution in [0.15, 0.2) is 0 Å². The highest BCUT2D eigenvalue weighted by Gasteiger charge is 2.33. The van der Waals surface area contributed by atoms with E-state index in [-0.39, 0.29) is 6.47 Å². The van der Waals surface area contributed by atoms with Crippen molar-refractivity contribution in [3.8, 4) is 0 Å². The van der Waals surface area contributed by atoms with Gasteiger partial charge in [0.25, 0.3) is 6.47 Å². The van der Waals surface area contributed by atoms with Gasteiger partial charge in [-0.3, -0.25) is 19.2 Å². The number of rotatable bonds is 3. The molecule has 1 aliphatic rings. The summed E-state index contributed by atoms with van der Waals surface area (Å²) in [6, 6.07) is 0. The quantitative estimate of drug-likeness (QED) is 0.683. The van der Waals surface area contributed by atoms with E-state index in [1.54, 1.807) is 11.7 Å². The number of aromatic nitrogens is 2. The van der Waals surface area contributed by atoms with E-state index in [0.717, 1.165) is 11.3 Å². The molecule has 2 rings (SSSR count). The fraction of sp³-hybridized carbons (Fsp3) is 0.615. The minimum Gasteiger partial charge on any atom is -0.483 e. The number of halogens is 1. The number of carboxylic acids is 1. The van der Waals surface area contributed by atoms with Crippen molar-refractivity contribution in [2.75, 3.05) is 13.1 Å². The number of β-amino-alcohol motifs (C(OH)–C–C–N with tert-alkyl or cyclic N) is 1. The van der Waals surface area contributed by atoms with Gasteiger partial charge in [-0.15, -0.1) is 0 Å². The second kappa shape index (κ2) is 8.11. The molecule has 0 bridgehead atoms. The van der Waals surface area contributed by atoms with Crippen molar-refractivity contribution in [2.45, 2.75) is 26.0 Å². The molecule has 0 aliphatic carbocycles. The van der Waals surface area contributed by atoms with E-state index in [9.17, 15) is 9.90 Å². The molecule has 1 aromatic heterocycles. The zero-order valence-electron chi connectivity index (χ0n) is 12.4. The lowest BCUT2D eigenvalue weighted by atomic mass is 9.94. The van der Waals surface area contributed by atoms with Crippen LogP contribution < -0.4 is 0 Å². The monoisotopic (exact) mass is 333 g/mol. The van der Waals surface area contributed by atoms with Crippen LogP contribution in [0.2, 0.25) is 5.15 Å². The molecule has 9 heteroatoms. The average molecular weight is 334 g/mol. The summed E-state index contributed by atoms with van der Waals surface area (Å²) in [6.07, 6.45) is -0.380. The van der Waals surface area contributed by atoms with Crippen molar-refractivity contribution >= 4 is 24.0 Å². The number of carbonyl (C=O) groups is 2. The van der Waals surface area contributed by atoms with Crippen LogP contribution in [0.5, 0.6) is 0 Å². The molecule has 1 saturated heterocycles. The zero-order chi connectivity index (χ0) is 16.9. The van der Waals surface area contributed by atoms with Gasteiger partial charge in [0.1, 0.15) is 5.15 Å². The normalized spacial score (nSPS) is 21.8. The fourth-order valence-corrected chi connectivity index (χ4v) is 2.74. The third-order valence-corrected chi connectivity index (χ3v) is 4.11. The molecule has 2 heterocycles. The Morgan fingerprint density at radius 3 is 2.55 bits per heavy atom. The average Bonchev–Trinajstić information content (AvgIpc) is 2.66. The Bertz CT molecular complexity index is 534. The molecule has 1 aromatic rings. The second-order valence-corrected chi connectivity index (χ2v) is 5.48. The molecule has 0 aromatic carbocycles. The van der Waals surface area contributed by atoms with Crippen molar-refractivity contribution in [1.82, 2.24) is 14.7 Å². The van der Waals surface area contributed by atoms with Crippen LogP contribution >= 0.6 is 11.6 Å². The summed E-state index contributed by atoms with van der Waals surface area (Å²) in [6.45, 7) is 3.21. The maximum absolute atomic E-state index is 10.9. The molecule has 0 amide bonds. The van der Waals surface area contributed by atoms with Crippen LogP contribution in [0.3, 0.4) is 0 Å². The van der Waals surface area contributed by atoms with Crippen molar-refractivity contribution in [2.24, 2.45) is 13.0 Å². The minimum absolute atomic E-state index is 0.250. The van der Waals surface area contributed by atoms with Crippen LogP contribution in [0.25, 0.3) is 0 Å². The van der Waals surface area contributed by atoms with Gasteiger partial charge < -0.3 is 15.3 Å². The first-order valence-corrected chi connectivity index (χ1v) is 7.08. The van der Waals surface area contributed by atoms with Gasteiger partial charge >= 0.3 is 5.97 Å². The third-order valence-electron chi connectivity index (χ3n) is 3.63. The van der Waals surface area contributed by atoms with Crippen molar-refractivity contribution in [3.63, 3.8) is 0 Å². The summed E-state index contributed by atoms with van der Waals surface area (Å²) in [7, 11) is 1.78. The molecule has 0 spiro atoms. The smallest absolute Gasteiger partial charge is 0.309 e. The summed E-state index contributed by atoms with van der Waals surface area (Å²) in [5, 5.41) is 30.5. The maximum Gasteiger partial charge on any atom is 0.309 e. The number of aryl methyl sites for hydroxylation is 2. The lowest BCUT2D eigenvalue weighted by Crippen LogP contribution is -2.46. The van der Waals surface area contributed by atoms with Gasteiger partial charge in [-0.2, -0.15) is 5.10 Å². The molecule has 8 nitrogen and oxygen atoms in total. The minimum atomic E-state index is -0.928. The van der Waals surface area contributed by atoms with E-state index < -0.39 is 18.0 Å². The number of aliphatic carboxylic acids is 1. The van der Waals surface area contributed by atoms with E-state index >= 15 is 0 Å². The van der Waals surface area contributed by atoms with Crippen LogP contribution in [-0.2, 0) is 23.2 Å². The van der Waals surface area contributed by atoms with Crippen LogP contribution in [0.1, 0.15) is 17.7 Å². The molecular formula is C13H20ClN3O5. The summed E-state index contributed by atoms with van der Waals surface area (Å²) in [5.74, 6) is -1.59. The van der Waals surface area contributed by atoms with E-state index in [2.05, 4.69) is 5.10 Å². The van der Waals surface area contributed by atoms with Crippen molar-refractivity contribution in [3.05, 3.63) is 16.4 Å². The highest BCUT2D eigenvalue weighted by molar-refractivity contribution is 6.30. The number of likely N-dealkylation sites (tertiary alicyclic amines) is 1. The first kappa shape index (κ1) is 18.4. The first-order valence-electron chi connectivity index (χ1n) is 6.70. The second-order valence-electron chi connectivity index (χ2n) is 5.12. The molecule has 2 atom stereocenters. The van der Waals surface area contributed by atoms with Crippen LogP contribution in [0, 0.1) is 12.8 Å². The van der Waals surface area contributed by atoms with Crippen molar-refractivity contribution < 1.29 is 24.9 Å². The largest absolute Gasteiger partial charge is 0.483 e.